The Bertz CT molecular complexity index is 1280. The molecule has 0 radical (unpaired) electrons. The summed E-state index contributed by atoms with van der Waals surface area (Å²) >= 11 is 0. The van der Waals surface area contributed by atoms with Crippen molar-refractivity contribution in [3.8, 4) is 0 Å². The molecule has 2 aliphatic rings. The summed E-state index contributed by atoms with van der Waals surface area (Å²) in [5, 5.41) is 3.80. The van der Waals surface area contributed by atoms with E-state index in [4.69, 9.17) is 4.74 Å². The molecule has 2 unspecified atom stereocenters. The SMILES string of the molecule is COC(=O)C(C)NC(=O)Cn1c2c(c3ccccc31)CCN1C(=O)c3ccccc3N(C)C21. The van der Waals surface area contributed by atoms with Crippen LogP contribution in [0.2, 0.25) is 0 Å². The van der Waals surface area contributed by atoms with Gasteiger partial charge in [0, 0.05) is 24.5 Å². The van der Waals surface area contributed by atoms with Gasteiger partial charge in [-0.2, -0.15) is 0 Å². The number of carbonyl (C=O) groups is 3. The van der Waals surface area contributed by atoms with Gasteiger partial charge in [0.1, 0.15) is 18.8 Å². The molecule has 170 valence electrons. The van der Waals surface area contributed by atoms with Gasteiger partial charge in [0.2, 0.25) is 5.91 Å². The minimum absolute atomic E-state index is 0.0000730. The summed E-state index contributed by atoms with van der Waals surface area (Å²) in [4.78, 5) is 42.1. The van der Waals surface area contributed by atoms with E-state index in [9.17, 15) is 14.4 Å². The normalized spacial score (nSPS) is 17.8. The largest absolute Gasteiger partial charge is 0.467 e. The molecule has 3 aromatic rings. The average Bonchev–Trinajstić information content (AvgIpc) is 3.15. The van der Waals surface area contributed by atoms with Crippen molar-refractivity contribution in [1.82, 2.24) is 14.8 Å². The van der Waals surface area contributed by atoms with E-state index >= 15 is 0 Å². The number of amides is 2. The lowest BCUT2D eigenvalue weighted by atomic mass is 9.96. The van der Waals surface area contributed by atoms with Crippen LogP contribution < -0.4 is 10.2 Å². The van der Waals surface area contributed by atoms with E-state index in [-0.39, 0.29) is 24.5 Å². The van der Waals surface area contributed by atoms with Gasteiger partial charge in [-0.05, 0) is 37.1 Å². The molecule has 5 rings (SSSR count). The summed E-state index contributed by atoms with van der Waals surface area (Å²) in [6.07, 6.45) is 0.385. The maximum absolute atomic E-state index is 13.4. The second-order valence-electron chi connectivity index (χ2n) is 8.53. The highest BCUT2D eigenvalue weighted by molar-refractivity contribution is 6.02. The number of rotatable bonds is 4. The standard InChI is InChI=1S/C25H26N4O4/c1-15(25(32)33-3)26-21(30)14-29-20-11-7-4-8-16(20)17-12-13-28-23(22(17)29)27(2)19-10-6-5-9-18(19)24(28)31/h4-11,15,23H,12-14H2,1-3H3,(H,26,30). The molecule has 0 spiro atoms. The highest BCUT2D eigenvalue weighted by Crippen LogP contribution is 2.44. The fourth-order valence-corrected chi connectivity index (χ4v) is 5.15. The van der Waals surface area contributed by atoms with Gasteiger partial charge in [-0.25, -0.2) is 4.79 Å². The van der Waals surface area contributed by atoms with Crippen molar-refractivity contribution in [2.75, 3.05) is 25.6 Å². The molecule has 0 aliphatic carbocycles. The van der Waals surface area contributed by atoms with Crippen molar-refractivity contribution in [2.45, 2.75) is 32.1 Å². The lowest BCUT2D eigenvalue weighted by molar-refractivity contribution is -0.144. The first-order valence-electron chi connectivity index (χ1n) is 11.0. The zero-order valence-corrected chi connectivity index (χ0v) is 18.9. The Morgan fingerprint density at radius 1 is 1.15 bits per heavy atom. The number of nitrogens with one attached hydrogen (secondary N) is 1. The Labute approximate surface area is 191 Å². The number of anilines is 1. The van der Waals surface area contributed by atoms with E-state index in [0.717, 1.165) is 27.8 Å². The van der Waals surface area contributed by atoms with Gasteiger partial charge >= 0.3 is 5.97 Å². The number of carbonyl (C=O) groups excluding carboxylic acids is 3. The first-order valence-corrected chi connectivity index (χ1v) is 11.0. The predicted octanol–water partition coefficient (Wildman–Crippen LogP) is 2.47. The molecule has 0 bridgehead atoms. The summed E-state index contributed by atoms with van der Waals surface area (Å²) < 4.78 is 6.71. The number of methoxy groups -OCH3 is 1. The van der Waals surface area contributed by atoms with E-state index in [0.29, 0.717) is 18.5 Å². The number of hydrogen-bond donors (Lipinski definition) is 1. The molecule has 0 saturated carbocycles. The summed E-state index contributed by atoms with van der Waals surface area (Å²) in [5.74, 6) is -0.790. The summed E-state index contributed by atoms with van der Waals surface area (Å²) in [6, 6.07) is 14.9. The van der Waals surface area contributed by atoms with Gasteiger partial charge in [0.05, 0.1) is 24.1 Å². The molecule has 2 atom stereocenters. The van der Waals surface area contributed by atoms with Gasteiger partial charge in [0.25, 0.3) is 5.91 Å². The van der Waals surface area contributed by atoms with Crippen LogP contribution in [0.3, 0.4) is 0 Å². The molecule has 2 aliphatic heterocycles. The first kappa shape index (κ1) is 21.1. The molecule has 8 heteroatoms. The Morgan fingerprint density at radius 2 is 1.88 bits per heavy atom. The molecule has 1 aromatic heterocycles. The number of para-hydroxylation sites is 2. The third-order valence-electron chi connectivity index (χ3n) is 6.64. The van der Waals surface area contributed by atoms with Crippen LogP contribution in [-0.4, -0.2) is 54.0 Å². The number of esters is 1. The molecular weight excluding hydrogens is 420 g/mol. The lowest BCUT2D eigenvalue weighted by Gasteiger charge is -2.46. The predicted molar refractivity (Wildman–Crippen MR) is 124 cm³/mol. The van der Waals surface area contributed by atoms with Crippen LogP contribution in [0.5, 0.6) is 0 Å². The van der Waals surface area contributed by atoms with Crippen molar-refractivity contribution in [3.05, 3.63) is 65.4 Å². The molecule has 3 heterocycles. The average molecular weight is 447 g/mol. The number of fused-ring (bicyclic) bond motifs is 6. The number of nitrogens with zero attached hydrogens (tertiary/aromatic N) is 3. The number of ether oxygens (including phenoxy) is 1. The third kappa shape index (κ3) is 3.25. The van der Waals surface area contributed by atoms with Crippen LogP contribution in [0.15, 0.2) is 48.5 Å². The molecular formula is C25H26N4O4. The van der Waals surface area contributed by atoms with Crippen molar-refractivity contribution >= 4 is 34.4 Å². The molecule has 2 amide bonds. The highest BCUT2D eigenvalue weighted by Gasteiger charge is 2.42. The van der Waals surface area contributed by atoms with Crippen molar-refractivity contribution in [1.29, 1.82) is 0 Å². The molecule has 2 aromatic carbocycles. The van der Waals surface area contributed by atoms with Gasteiger partial charge < -0.3 is 24.4 Å². The fourth-order valence-electron chi connectivity index (χ4n) is 5.15. The van der Waals surface area contributed by atoms with Crippen molar-refractivity contribution in [2.24, 2.45) is 0 Å². The van der Waals surface area contributed by atoms with Crippen molar-refractivity contribution in [3.63, 3.8) is 0 Å². The Morgan fingerprint density at radius 3 is 2.67 bits per heavy atom. The molecule has 0 fully saturated rings. The highest BCUT2D eigenvalue weighted by atomic mass is 16.5. The van der Waals surface area contributed by atoms with Crippen LogP contribution >= 0.6 is 0 Å². The smallest absolute Gasteiger partial charge is 0.328 e. The molecule has 1 N–H and O–H groups in total. The molecule has 33 heavy (non-hydrogen) atoms. The van der Waals surface area contributed by atoms with E-state index in [1.165, 1.54) is 7.11 Å². The van der Waals surface area contributed by atoms with Crippen LogP contribution in [0.4, 0.5) is 5.69 Å². The number of hydrogen-bond acceptors (Lipinski definition) is 5. The van der Waals surface area contributed by atoms with Crippen molar-refractivity contribution < 1.29 is 19.1 Å². The monoisotopic (exact) mass is 446 g/mol. The number of aromatic nitrogens is 1. The Balaban J connectivity index is 1.61. The summed E-state index contributed by atoms with van der Waals surface area (Å²) in [7, 11) is 3.28. The van der Waals surface area contributed by atoms with Crippen LogP contribution in [0, 0.1) is 0 Å². The number of benzene rings is 2. The van der Waals surface area contributed by atoms with Gasteiger partial charge in [0.15, 0.2) is 0 Å². The van der Waals surface area contributed by atoms with Gasteiger partial charge in [-0.15, -0.1) is 0 Å². The van der Waals surface area contributed by atoms with E-state index in [1.807, 2.05) is 59.0 Å². The van der Waals surface area contributed by atoms with E-state index in [1.54, 1.807) is 6.92 Å². The van der Waals surface area contributed by atoms with Gasteiger partial charge in [-0.1, -0.05) is 30.3 Å². The lowest BCUT2D eigenvalue weighted by Crippen LogP contribution is -2.51. The van der Waals surface area contributed by atoms with Crippen LogP contribution in [-0.2, 0) is 27.3 Å². The molecule has 0 saturated heterocycles. The van der Waals surface area contributed by atoms with E-state index < -0.39 is 12.0 Å². The summed E-state index contributed by atoms with van der Waals surface area (Å²) in [6.45, 7) is 2.24. The van der Waals surface area contributed by atoms with E-state index in [2.05, 4.69) is 16.3 Å². The maximum Gasteiger partial charge on any atom is 0.328 e. The zero-order chi connectivity index (χ0) is 23.3. The minimum Gasteiger partial charge on any atom is -0.467 e. The summed E-state index contributed by atoms with van der Waals surface area (Å²) in [5.41, 5.74) is 4.59. The third-order valence-corrected chi connectivity index (χ3v) is 6.64. The zero-order valence-electron chi connectivity index (χ0n) is 18.9. The second kappa shape index (κ2) is 7.95. The first-order chi connectivity index (χ1) is 15.9. The van der Waals surface area contributed by atoms with Crippen LogP contribution in [0.25, 0.3) is 10.9 Å². The quantitative estimate of drug-likeness (QED) is 0.623. The maximum atomic E-state index is 13.4. The van der Waals surface area contributed by atoms with Crippen LogP contribution in [0.1, 0.15) is 34.7 Å². The minimum atomic E-state index is -0.748. The molecule has 8 nitrogen and oxygen atoms in total. The Kier molecular flexibility index (Phi) is 5.08. The second-order valence-corrected chi connectivity index (χ2v) is 8.53. The van der Waals surface area contributed by atoms with Gasteiger partial charge in [-0.3, -0.25) is 9.59 Å². The fraction of sp³-hybridized carbons (Fsp3) is 0.320. The topological polar surface area (TPSA) is 83.9 Å². The Hall–Kier alpha value is -3.81.